The largest absolute Gasteiger partial charge is 0.411 e. The van der Waals surface area contributed by atoms with Crippen LogP contribution in [0.25, 0.3) is 0 Å². The first-order chi connectivity index (χ1) is 10.9. The fraction of sp³-hybridized carbons (Fsp3) is 0.562. The molecule has 4 nitrogen and oxygen atoms in total. The van der Waals surface area contributed by atoms with Gasteiger partial charge in [-0.2, -0.15) is 13.2 Å². The van der Waals surface area contributed by atoms with Gasteiger partial charge in [0.25, 0.3) is 0 Å². The summed E-state index contributed by atoms with van der Waals surface area (Å²) in [7, 11) is 0. The van der Waals surface area contributed by atoms with Gasteiger partial charge in [-0.15, -0.1) is 0 Å². The minimum Gasteiger partial charge on any atom is -0.362 e. The molecular weight excluding hydrogens is 309 g/mol. The topological polar surface area (TPSA) is 41.6 Å². The average molecular weight is 330 g/mol. The van der Waals surface area contributed by atoms with Crippen molar-refractivity contribution in [2.75, 3.05) is 32.8 Å². The molecule has 1 heterocycles. The Morgan fingerprint density at radius 3 is 2.48 bits per heavy atom. The zero-order chi connectivity index (χ0) is 16.7. The van der Waals surface area contributed by atoms with E-state index in [1.54, 1.807) is 0 Å². The molecule has 2 rings (SSSR count). The van der Waals surface area contributed by atoms with Gasteiger partial charge in [0.05, 0.1) is 6.04 Å². The van der Waals surface area contributed by atoms with Crippen molar-refractivity contribution in [3.05, 3.63) is 35.9 Å². The lowest BCUT2D eigenvalue weighted by Gasteiger charge is -2.25. The van der Waals surface area contributed by atoms with E-state index in [9.17, 15) is 18.0 Å². The van der Waals surface area contributed by atoms with Gasteiger partial charge >= 0.3 is 6.18 Å². The van der Waals surface area contributed by atoms with E-state index < -0.39 is 25.3 Å². The second-order valence-corrected chi connectivity index (χ2v) is 5.65. The maximum Gasteiger partial charge on any atom is 0.411 e. The monoisotopic (exact) mass is 330 g/mol. The average Bonchev–Trinajstić information content (AvgIpc) is 2.99. The van der Waals surface area contributed by atoms with Crippen LogP contribution >= 0.6 is 0 Å². The van der Waals surface area contributed by atoms with Gasteiger partial charge in [-0.3, -0.25) is 4.79 Å². The van der Waals surface area contributed by atoms with Crippen LogP contribution in [0.5, 0.6) is 0 Å². The number of rotatable bonds is 7. The molecule has 1 aromatic rings. The van der Waals surface area contributed by atoms with E-state index in [4.69, 9.17) is 0 Å². The number of nitrogens with zero attached hydrogens (tertiary/aromatic N) is 1. The van der Waals surface area contributed by atoms with Crippen molar-refractivity contribution < 1.29 is 22.7 Å². The van der Waals surface area contributed by atoms with E-state index in [1.807, 2.05) is 30.3 Å². The van der Waals surface area contributed by atoms with Gasteiger partial charge in [-0.05, 0) is 31.5 Å². The van der Waals surface area contributed by atoms with E-state index in [0.717, 1.165) is 31.5 Å². The number of alkyl halides is 3. The normalized spacial score (nSPS) is 17.2. The molecule has 1 aromatic carbocycles. The Kier molecular flexibility index (Phi) is 6.41. The number of hydrogen-bond donors (Lipinski definition) is 1. The van der Waals surface area contributed by atoms with Crippen LogP contribution in [-0.2, 0) is 9.53 Å². The van der Waals surface area contributed by atoms with Crippen LogP contribution in [0.3, 0.4) is 0 Å². The third-order valence-corrected chi connectivity index (χ3v) is 3.68. The molecule has 1 N–H and O–H groups in total. The van der Waals surface area contributed by atoms with Gasteiger partial charge < -0.3 is 15.0 Å². The van der Waals surface area contributed by atoms with E-state index in [1.165, 1.54) is 0 Å². The van der Waals surface area contributed by atoms with Crippen molar-refractivity contribution in [3.8, 4) is 0 Å². The van der Waals surface area contributed by atoms with Gasteiger partial charge in [0, 0.05) is 6.54 Å². The number of nitrogens with one attached hydrogen (secondary N) is 1. The zero-order valence-corrected chi connectivity index (χ0v) is 12.8. The SMILES string of the molecule is O=C(COCC(F)(F)F)NC(CN1CCCC1)c1ccccc1. The lowest BCUT2D eigenvalue weighted by Crippen LogP contribution is -2.39. The maximum absolute atomic E-state index is 12.0. The van der Waals surface area contributed by atoms with Crippen molar-refractivity contribution in [1.82, 2.24) is 10.2 Å². The Hall–Kier alpha value is -1.60. The molecule has 1 aliphatic heterocycles. The number of halogens is 3. The number of amides is 1. The molecule has 0 saturated carbocycles. The van der Waals surface area contributed by atoms with Gasteiger partial charge in [0.15, 0.2) is 0 Å². The summed E-state index contributed by atoms with van der Waals surface area (Å²) in [5, 5.41) is 2.77. The summed E-state index contributed by atoms with van der Waals surface area (Å²) < 4.78 is 40.5. The summed E-state index contributed by atoms with van der Waals surface area (Å²) >= 11 is 0. The number of hydrogen-bond acceptors (Lipinski definition) is 3. The molecule has 1 atom stereocenters. The Morgan fingerprint density at radius 1 is 1.22 bits per heavy atom. The van der Waals surface area contributed by atoms with E-state index in [2.05, 4.69) is 15.0 Å². The van der Waals surface area contributed by atoms with Crippen molar-refractivity contribution in [2.45, 2.75) is 25.1 Å². The molecule has 0 aliphatic carbocycles. The fourth-order valence-electron chi connectivity index (χ4n) is 2.64. The molecule has 0 spiro atoms. The summed E-state index contributed by atoms with van der Waals surface area (Å²) in [5.74, 6) is -0.540. The third-order valence-electron chi connectivity index (χ3n) is 3.68. The standard InChI is InChI=1S/C16H21F3N2O2/c17-16(18,19)12-23-11-15(22)20-14(10-21-8-4-5-9-21)13-6-2-1-3-7-13/h1-3,6-7,14H,4-5,8-12H2,(H,20,22). The van der Waals surface area contributed by atoms with E-state index in [0.29, 0.717) is 6.54 Å². The number of ether oxygens (including phenoxy) is 1. The minimum absolute atomic E-state index is 0.253. The summed E-state index contributed by atoms with van der Waals surface area (Å²) in [5.41, 5.74) is 0.934. The Labute approximate surface area is 133 Å². The Morgan fingerprint density at radius 2 is 1.87 bits per heavy atom. The van der Waals surface area contributed by atoms with Gasteiger partial charge in [-0.25, -0.2) is 0 Å². The van der Waals surface area contributed by atoms with Crippen LogP contribution < -0.4 is 5.32 Å². The van der Waals surface area contributed by atoms with Crippen LogP contribution in [0.2, 0.25) is 0 Å². The van der Waals surface area contributed by atoms with Crippen LogP contribution in [0.1, 0.15) is 24.4 Å². The molecule has 0 bridgehead atoms. The maximum atomic E-state index is 12.0. The van der Waals surface area contributed by atoms with Gasteiger partial charge in [0.2, 0.25) is 5.91 Å². The van der Waals surface area contributed by atoms with E-state index in [-0.39, 0.29) is 6.04 Å². The van der Waals surface area contributed by atoms with Crippen LogP contribution in [0, 0.1) is 0 Å². The molecule has 128 valence electrons. The molecular formula is C16H21F3N2O2. The molecule has 1 amide bonds. The van der Waals surface area contributed by atoms with E-state index >= 15 is 0 Å². The highest BCUT2D eigenvalue weighted by molar-refractivity contribution is 5.77. The van der Waals surface area contributed by atoms with Crippen molar-refractivity contribution in [2.24, 2.45) is 0 Å². The van der Waals surface area contributed by atoms with Crippen LogP contribution in [-0.4, -0.2) is 49.8 Å². The van der Waals surface area contributed by atoms with Gasteiger partial charge in [-0.1, -0.05) is 30.3 Å². The number of benzene rings is 1. The predicted octanol–water partition coefficient (Wildman–Crippen LogP) is 2.52. The van der Waals surface area contributed by atoms with Gasteiger partial charge in [0.1, 0.15) is 13.2 Å². The first kappa shape index (κ1) is 17.7. The van der Waals surface area contributed by atoms with Crippen molar-refractivity contribution >= 4 is 5.91 Å². The minimum atomic E-state index is -4.42. The van der Waals surface area contributed by atoms with Crippen LogP contribution in [0.4, 0.5) is 13.2 Å². The van der Waals surface area contributed by atoms with Crippen LogP contribution in [0.15, 0.2) is 30.3 Å². The first-order valence-corrected chi connectivity index (χ1v) is 7.65. The summed E-state index contributed by atoms with van der Waals surface area (Å²) in [6.07, 6.45) is -2.16. The fourth-order valence-corrected chi connectivity index (χ4v) is 2.64. The predicted molar refractivity (Wildman–Crippen MR) is 79.9 cm³/mol. The lowest BCUT2D eigenvalue weighted by molar-refractivity contribution is -0.175. The Balaban J connectivity index is 1.90. The summed E-state index contributed by atoms with van der Waals surface area (Å²) in [6, 6.07) is 9.17. The second kappa shape index (κ2) is 8.31. The smallest absolute Gasteiger partial charge is 0.362 e. The number of likely N-dealkylation sites (tertiary alicyclic amines) is 1. The number of carbonyl (C=O) groups excluding carboxylic acids is 1. The zero-order valence-electron chi connectivity index (χ0n) is 12.8. The summed E-state index contributed by atoms with van der Waals surface area (Å²) in [6.45, 7) is 0.591. The number of carbonyl (C=O) groups is 1. The molecule has 0 radical (unpaired) electrons. The quantitative estimate of drug-likeness (QED) is 0.835. The molecule has 1 saturated heterocycles. The highest BCUT2D eigenvalue weighted by Gasteiger charge is 2.28. The molecule has 1 aliphatic rings. The molecule has 0 aromatic heterocycles. The molecule has 23 heavy (non-hydrogen) atoms. The second-order valence-electron chi connectivity index (χ2n) is 5.65. The Bertz CT molecular complexity index is 488. The highest BCUT2D eigenvalue weighted by atomic mass is 19.4. The molecule has 7 heteroatoms. The highest BCUT2D eigenvalue weighted by Crippen LogP contribution is 2.18. The third kappa shape index (κ3) is 6.58. The lowest BCUT2D eigenvalue weighted by atomic mass is 10.1. The van der Waals surface area contributed by atoms with Crippen molar-refractivity contribution in [1.29, 1.82) is 0 Å². The molecule has 1 fully saturated rings. The molecule has 1 unspecified atom stereocenters. The van der Waals surface area contributed by atoms with Crippen molar-refractivity contribution in [3.63, 3.8) is 0 Å². The summed E-state index contributed by atoms with van der Waals surface area (Å²) in [4.78, 5) is 14.1. The first-order valence-electron chi connectivity index (χ1n) is 7.65.